The van der Waals surface area contributed by atoms with Gasteiger partial charge in [-0.25, -0.2) is 0 Å². The number of hydrogen-bond donors (Lipinski definition) is 2. The summed E-state index contributed by atoms with van der Waals surface area (Å²) in [5.41, 5.74) is 3.82. The van der Waals surface area contributed by atoms with E-state index in [0.29, 0.717) is 6.42 Å². The van der Waals surface area contributed by atoms with E-state index in [2.05, 4.69) is 38.2 Å². The number of rotatable bonds is 33. The number of Topliss-reactive ketones (excluding diaryl/α,β-unsaturated/α-hetero) is 1. The Bertz CT molecular complexity index is 674. The van der Waals surface area contributed by atoms with E-state index in [9.17, 15) is 14.7 Å². The number of carbonyl (C=O) groups excluding carboxylic acids is 2. The summed E-state index contributed by atoms with van der Waals surface area (Å²) in [7, 11) is -0.537. The highest BCUT2D eigenvalue weighted by atomic mass is 31.1. The van der Waals surface area contributed by atoms with E-state index in [0.717, 1.165) is 51.4 Å². The maximum atomic E-state index is 12.4. The second-order valence-corrected chi connectivity index (χ2v) is 14.0. The topological polar surface area (TPSA) is 80.4 Å². The van der Waals surface area contributed by atoms with E-state index in [-0.39, 0.29) is 17.7 Å². The number of aliphatic hydroxyl groups is 1. The van der Waals surface area contributed by atoms with Crippen molar-refractivity contribution in [3.8, 4) is 0 Å². The Morgan fingerprint density at radius 2 is 0.833 bits per heavy atom. The number of allylic oxidation sites excluding steroid dienone is 4. The van der Waals surface area contributed by atoms with Crippen molar-refractivity contribution in [1.82, 2.24) is 0 Å². The molecule has 246 valence electrons. The molecular formula is C37H70NO3P. The van der Waals surface area contributed by atoms with Crippen LogP contribution < -0.4 is 5.73 Å². The lowest BCUT2D eigenvalue weighted by molar-refractivity contribution is -0.130. The van der Waals surface area contributed by atoms with Crippen molar-refractivity contribution in [2.45, 2.75) is 199 Å². The van der Waals surface area contributed by atoms with Gasteiger partial charge in [-0.2, -0.15) is 0 Å². The molecule has 0 aliphatic heterocycles. The lowest BCUT2D eigenvalue weighted by Gasteiger charge is -2.20. The maximum Gasteiger partial charge on any atom is 0.196 e. The van der Waals surface area contributed by atoms with Gasteiger partial charge in [0.2, 0.25) is 0 Å². The van der Waals surface area contributed by atoms with Crippen LogP contribution in [0.4, 0.5) is 0 Å². The molecule has 0 heterocycles. The summed E-state index contributed by atoms with van der Waals surface area (Å²) in [6.07, 6.45) is 41.4. The van der Waals surface area contributed by atoms with Gasteiger partial charge in [0, 0.05) is 21.4 Å². The van der Waals surface area contributed by atoms with E-state index in [1.165, 1.54) is 116 Å². The van der Waals surface area contributed by atoms with Crippen LogP contribution in [0.3, 0.4) is 0 Å². The maximum absolute atomic E-state index is 12.4. The first-order valence-electron chi connectivity index (χ1n) is 18.1. The number of nitrogens with two attached hydrogens (primary N) is 1. The van der Waals surface area contributed by atoms with Gasteiger partial charge in [0.05, 0.1) is 0 Å². The van der Waals surface area contributed by atoms with Gasteiger partial charge in [0.1, 0.15) is 0 Å². The number of carbonyl (C=O) groups is 2. The Labute approximate surface area is 263 Å². The van der Waals surface area contributed by atoms with E-state index in [1.54, 1.807) is 0 Å². The van der Waals surface area contributed by atoms with Gasteiger partial charge in [0.25, 0.3) is 0 Å². The average molecular weight is 608 g/mol. The van der Waals surface area contributed by atoms with Gasteiger partial charge < -0.3 is 5.11 Å². The first kappa shape index (κ1) is 41.2. The Morgan fingerprint density at radius 3 is 1.21 bits per heavy atom. The minimum Gasteiger partial charge on any atom is -0.366 e. The highest BCUT2D eigenvalue weighted by Gasteiger charge is 2.32. The van der Waals surface area contributed by atoms with Gasteiger partial charge in [-0.3, -0.25) is 15.3 Å². The molecule has 0 bridgehead atoms. The zero-order valence-corrected chi connectivity index (χ0v) is 28.9. The van der Waals surface area contributed by atoms with Crippen LogP contribution in [-0.2, 0) is 9.59 Å². The molecule has 0 radical (unpaired) electrons. The third-order valence-electron chi connectivity index (χ3n) is 8.09. The third kappa shape index (κ3) is 29.3. The van der Waals surface area contributed by atoms with E-state index < -0.39 is 14.0 Å². The highest BCUT2D eigenvalue weighted by Crippen LogP contribution is 2.30. The first-order chi connectivity index (χ1) is 20.4. The van der Waals surface area contributed by atoms with Crippen molar-refractivity contribution in [1.29, 1.82) is 0 Å². The fourth-order valence-electron chi connectivity index (χ4n) is 5.25. The molecule has 2 atom stereocenters. The Hall–Kier alpha value is -0.830. The van der Waals surface area contributed by atoms with Gasteiger partial charge in [-0.15, -0.1) is 0 Å². The van der Waals surface area contributed by atoms with E-state index in [4.69, 9.17) is 5.73 Å². The summed E-state index contributed by atoms with van der Waals surface area (Å²) in [6, 6.07) is 0. The summed E-state index contributed by atoms with van der Waals surface area (Å²) in [6.45, 7) is 4.52. The number of unbranched alkanes of at least 4 members (excludes halogenated alkanes) is 22. The zero-order chi connectivity index (χ0) is 31.0. The lowest BCUT2D eigenvalue weighted by Crippen LogP contribution is -2.44. The molecule has 0 rings (SSSR count). The molecule has 0 aromatic heterocycles. The lowest BCUT2D eigenvalue weighted by atomic mass is 10.1. The minimum atomic E-state index is -1.97. The van der Waals surface area contributed by atoms with Crippen LogP contribution >= 0.6 is 8.58 Å². The minimum absolute atomic E-state index is 0.0736. The van der Waals surface area contributed by atoms with Crippen LogP contribution in [0.1, 0.15) is 194 Å². The molecule has 0 amide bonds. The first-order valence-corrected chi connectivity index (χ1v) is 19.1. The van der Waals surface area contributed by atoms with Gasteiger partial charge in [-0.1, -0.05) is 141 Å². The molecule has 0 aliphatic carbocycles. The fourth-order valence-corrected chi connectivity index (χ4v) is 6.24. The van der Waals surface area contributed by atoms with Gasteiger partial charge in [0.15, 0.2) is 16.8 Å². The van der Waals surface area contributed by atoms with Crippen LogP contribution in [0.15, 0.2) is 24.3 Å². The summed E-state index contributed by atoms with van der Waals surface area (Å²) in [5.74, 6) is -0.378. The second kappa shape index (κ2) is 31.6. The molecule has 0 saturated heterocycles. The van der Waals surface area contributed by atoms with Crippen LogP contribution in [-0.4, -0.2) is 21.9 Å². The molecule has 0 fully saturated rings. The number of ketones is 1. The fraction of sp³-hybridized carbons (Fsp3) is 0.838. The highest BCUT2D eigenvalue weighted by molar-refractivity contribution is 7.60. The molecule has 2 unspecified atom stereocenters. The smallest absolute Gasteiger partial charge is 0.196 e. The summed E-state index contributed by atoms with van der Waals surface area (Å²) < 4.78 is 0. The summed E-state index contributed by atoms with van der Waals surface area (Å²) >= 11 is 0. The average Bonchev–Trinajstić information content (AvgIpc) is 2.96. The monoisotopic (exact) mass is 608 g/mol. The normalized spacial score (nSPS) is 13.6. The van der Waals surface area contributed by atoms with Crippen LogP contribution in [0.25, 0.3) is 0 Å². The molecule has 0 aromatic carbocycles. The zero-order valence-electron chi connectivity index (χ0n) is 27.9. The Balaban J connectivity index is 3.63. The quantitative estimate of drug-likeness (QED) is 0.0336. The molecular weight excluding hydrogens is 537 g/mol. The third-order valence-corrected chi connectivity index (χ3v) is 9.28. The Kier molecular flexibility index (Phi) is 31.0. The summed E-state index contributed by atoms with van der Waals surface area (Å²) in [5, 5.41) is 10.4. The largest absolute Gasteiger partial charge is 0.366 e. The van der Waals surface area contributed by atoms with Crippen molar-refractivity contribution in [3.05, 3.63) is 24.3 Å². The second-order valence-electron chi connectivity index (χ2n) is 12.4. The van der Waals surface area contributed by atoms with Crippen molar-refractivity contribution in [2.24, 2.45) is 5.73 Å². The molecule has 5 heteroatoms. The van der Waals surface area contributed by atoms with Crippen molar-refractivity contribution in [3.63, 3.8) is 0 Å². The molecule has 42 heavy (non-hydrogen) atoms. The SMILES string of the molecule is CCCCCCCC/C=C\CCCCCCCC(=O)PC(N)(O)C(=O)CCCCCCC/C=C\CCCCCCCC. The van der Waals surface area contributed by atoms with Crippen molar-refractivity contribution >= 4 is 19.9 Å². The van der Waals surface area contributed by atoms with Crippen molar-refractivity contribution < 1.29 is 14.7 Å². The summed E-state index contributed by atoms with van der Waals surface area (Å²) in [4.78, 5) is 24.7. The van der Waals surface area contributed by atoms with Crippen molar-refractivity contribution in [2.75, 3.05) is 0 Å². The number of hydrogen-bond acceptors (Lipinski definition) is 4. The molecule has 0 aliphatic rings. The van der Waals surface area contributed by atoms with Crippen LogP contribution in [0.2, 0.25) is 0 Å². The molecule has 0 aromatic rings. The van der Waals surface area contributed by atoms with Crippen LogP contribution in [0, 0.1) is 0 Å². The molecule has 4 nitrogen and oxygen atoms in total. The molecule has 0 saturated carbocycles. The van der Waals surface area contributed by atoms with Gasteiger partial charge >= 0.3 is 0 Å². The molecule has 0 spiro atoms. The Morgan fingerprint density at radius 1 is 0.524 bits per heavy atom. The van der Waals surface area contributed by atoms with Crippen LogP contribution in [0.5, 0.6) is 0 Å². The van der Waals surface area contributed by atoms with E-state index in [1.807, 2.05) is 0 Å². The standard InChI is InChI=1S/C37H70NO3P/c1-3-5-7-9-11-13-15-17-19-21-23-25-27-29-31-33-35(39)37(38,41)42-36(40)34-32-30-28-26-24-22-20-18-16-14-12-10-8-6-4-2/h17-20,41-42H,3-16,21-34,38H2,1-2H3/b19-17-,20-18-. The van der Waals surface area contributed by atoms with E-state index >= 15 is 0 Å². The molecule has 3 N–H and O–H groups in total. The van der Waals surface area contributed by atoms with Gasteiger partial charge in [-0.05, 0) is 64.2 Å². The predicted octanol–water partition coefficient (Wildman–Crippen LogP) is 11.4. The predicted molar refractivity (Wildman–Crippen MR) is 186 cm³/mol.